The lowest BCUT2D eigenvalue weighted by Gasteiger charge is -2.27. The molecule has 0 aliphatic carbocycles. The standard InChI is InChI=1S/C14H21N3O2.ClH/c1-10(11-4-2-6-15-9-11)8-13(19)17-14-12(18)5-3-7-16-14;/h3,5,7,10-11,15,18H,2,4,6,8-9H2,1H3,(H,16,17,19);1H. The number of rotatable bonds is 4. The first-order valence-corrected chi connectivity index (χ1v) is 6.81. The predicted molar refractivity (Wildman–Crippen MR) is 81.2 cm³/mol. The van der Waals surface area contributed by atoms with Crippen molar-refractivity contribution in [3.05, 3.63) is 18.3 Å². The van der Waals surface area contributed by atoms with Crippen LogP contribution in [0.3, 0.4) is 0 Å². The highest BCUT2D eigenvalue weighted by Crippen LogP contribution is 2.24. The van der Waals surface area contributed by atoms with Gasteiger partial charge in [0.1, 0.15) is 0 Å². The van der Waals surface area contributed by atoms with Gasteiger partial charge in [-0.3, -0.25) is 4.79 Å². The van der Waals surface area contributed by atoms with Gasteiger partial charge in [0, 0.05) is 12.6 Å². The number of nitrogens with one attached hydrogen (secondary N) is 2. The van der Waals surface area contributed by atoms with Gasteiger partial charge in [0.25, 0.3) is 0 Å². The summed E-state index contributed by atoms with van der Waals surface area (Å²) in [5.74, 6) is 1.03. The van der Waals surface area contributed by atoms with Crippen LogP contribution in [-0.2, 0) is 4.79 Å². The number of hydrogen-bond acceptors (Lipinski definition) is 4. The molecule has 1 aliphatic heterocycles. The summed E-state index contributed by atoms with van der Waals surface area (Å²) in [6, 6.07) is 3.14. The summed E-state index contributed by atoms with van der Waals surface area (Å²) < 4.78 is 0. The number of halogens is 1. The Morgan fingerprint density at radius 1 is 1.65 bits per heavy atom. The fourth-order valence-corrected chi connectivity index (χ4v) is 2.50. The highest BCUT2D eigenvalue weighted by atomic mass is 35.5. The number of anilines is 1. The van der Waals surface area contributed by atoms with Crippen molar-refractivity contribution in [2.75, 3.05) is 18.4 Å². The highest BCUT2D eigenvalue weighted by molar-refractivity contribution is 5.91. The average molecular weight is 300 g/mol. The maximum Gasteiger partial charge on any atom is 0.225 e. The number of carbonyl (C=O) groups is 1. The van der Waals surface area contributed by atoms with Crippen molar-refractivity contribution in [3.8, 4) is 5.75 Å². The molecule has 0 spiro atoms. The van der Waals surface area contributed by atoms with Gasteiger partial charge in [-0.25, -0.2) is 4.98 Å². The van der Waals surface area contributed by atoms with Crippen LogP contribution in [0, 0.1) is 11.8 Å². The van der Waals surface area contributed by atoms with Crippen molar-refractivity contribution in [3.63, 3.8) is 0 Å². The van der Waals surface area contributed by atoms with Gasteiger partial charge in [-0.2, -0.15) is 0 Å². The van der Waals surface area contributed by atoms with E-state index in [9.17, 15) is 9.90 Å². The van der Waals surface area contributed by atoms with Crippen LogP contribution in [0.5, 0.6) is 5.75 Å². The molecule has 1 aromatic heterocycles. The fraction of sp³-hybridized carbons (Fsp3) is 0.571. The molecule has 20 heavy (non-hydrogen) atoms. The topological polar surface area (TPSA) is 74.2 Å². The van der Waals surface area contributed by atoms with E-state index in [0.29, 0.717) is 18.3 Å². The number of pyridine rings is 1. The third-order valence-electron chi connectivity index (χ3n) is 3.69. The first kappa shape index (κ1) is 16.7. The van der Waals surface area contributed by atoms with Gasteiger partial charge >= 0.3 is 0 Å². The number of hydrogen-bond donors (Lipinski definition) is 3. The molecule has 0 saturated carbocycles. The van der Waals surface area contributed by atoms with E-state index < -0.39 is 0 Å². The van der Waals surface area contributed by atoms with Crippen LogP contribution in [0.15, 0.2) is 18.3 Å². The molecule has 6 heteroatoms. The molecule has 0 aromatic carbocycles. The van der Waals surface area contributed by atoms with Gasteiger partial charge in [0.2, 0.25) is 5.91 Å². The SMILES string of the molecule is CC(CC(=O)Nc1ncccc1O)C1CCCNC1.Cl. The second-order valence-electron chi connectivity index (χ2n) is 5.21. The molecule has 1 aliphatic rings. The van der Waals surface area contributed by atoms with Crippen molar-refractivity contribution >= 4 is 24.1 Å². The molecule has 1 aromatic rings. The van der Waals surface area contributed by atoms with E-state index in [-0.39, 0.29) is 29.9 Å². The summed E-state index contributed by atoms with van der Waals surface area (Å²) in [5, 5.41) is 15.6. The Morgan fingerprint density at radius 2 is 2.45 bits per heavy atom. The summed E-state index contributed by atoms with van der Waals surface area (Å²) in [6.45, 7) is 4.18. The van der Waals surface area contributed by atoms with E-state index in [1.54, 1.807) is 12.3 Å². The zero-order chi connectivity index (χ0) is 13.7. The first-order chi connectivity index (χ1) is 9.16. The molecule has 2 unspecified atom stereocenters. The van der Waals surface area contributed by atoms with Crippen LogP contribution in [0.25, 0.3) is 0 Å². The fourth-order valence-electron chi connectivity index (χ4n) is 2.50. The van der Waals surface area contributed by atoms with E-state index in [4.69, 9.17) is 0 Å². The number of nitrogens with zero attached hydrogens (tertiary/aromatic N) is 1. The minimum atomic E-state index is -0.0907. The quantitative estimate of drug-likeness (QED) is 0.796. The van der Waals surface area contributed by atoms with E-state index >= 15 is 0 Å². The van der Waals surface area contributed by atoms with Gasteiger partial charge in [-0.05, 0) is 49.9 Å². The van der Waals surface area contributed by atoms with Crippen molar-refractivity contribution in [1.82, 2.24) is 10.3 Å². The molecule has 2 rings (SSSR count). The third kappa shape index (κ3) is 4.65. The minimum absolute atomic E-state index is 0. The predicted octanol–water partition coefficient (Wildman–Crippen LogP) is 2.17. The number of piperidine rings is 1. The third-order valence-corrected chi connectivity index (χ3v) is 3.69. The van der Waals surface area contributed by atoms with Crippen LogP contribution in [0.4, 0.5) is 5.82 Å². The number of aromatic hydroxyl groups is 1. The molecule has 3 N–H and O–H groups in total. The van der Waals surface area contributed by atoms with Crippen LogP contribution in [-0.4, -0.2) is 29.1 Å². The zero-order valence-corrected chi connectivity index (χ0v) is 12.4. The van der Waals surface area contributed by atoms with Crippen LogP contribution in [0.2, 0.25) is 0 Å². The Morgan fingerprint density at radius 3 is 3.10 bits per heavy atom. The van der Waals surface area contributed by atoms with Crippen molar-refractivity contribution in [1.29, 1.82) is 0 Å². The molecule has 2 heterocycles. The number of aromatic nitrogens is 1. The van der Waals surface area contributed by atoms with E-state index in [1.165, 1.54) is 18.9 Å². The molecule has 0 radical (unpaired) electrons. The number of amides is 1. The molecule has 5 nitrogen and oxygen atoms in total. The molecule has 1 saturated heterocycles. The maximum absolute atomic E-state index is 11.9. The van der Waals surface area contributed by atoms with Crippen LogP contribution in [0.1, 0.15) is 26.2 Å². The van der Waals surface area contributed by atoms with Crippen molar-refractivity contribution in [2.24, 2.45) is 11.8 Å². The van der Waals surface area contributed by atoms with E-state index in [2.05, 4.69) is 22.5 Å². The zero-order valence-electron chi connectivity index (χ0n) is 11.6. The number of carbonyl (C=O) groups excluding carboxylic acids is 1. The summed E-state index contributed by atoms with van der Waals surface area (Å²) >= 11 is 0. The Labute approximate surface area is 125 Å². The van der Waals surface area contributed by atoms with Gasteiger partial charge in [-0.1, -0.05) is 6.92 Å². The molecule has 0 bridgehead atoms. The minimum Gasteiger partial charge on any atom is -0.504 e. The summed E-state index contributed by atoms with van der Waals surface area (Å²) in [6.07, 6.45) is 4.36. The lowest BCUT2D eigenvalue weighted by Crippen LogP contribution is -2.34. The molecular formula is C14H22ClN3O2. The van der Waals surface area contributed by atoms with Gasteiger partial charge in [-0.15, -0.1) is 12.4 Å². The maximum atomic E-state index is 11.9. The van der Waals surface area contributed by atoms with E-state index in [1.807, 2.05) is 0 Å². The van der Waals surface area contributed by atoms with Gasteiger partial charge < -0.3 is 15.7 Å². The monoisotopic (exact) mass is 299 g/mol. The van der Waals surface area contributed by atoms with Gasteiger partial charge in [0.05, 0.1) is 0 Å². The van der Waals surface area contributed by atoms with Crippen LogP contribution >= 0.6 is 12.4 Å². The Hall–Kier alpha value is -1.33. The summed E-state index contributed by atoms with van der Waals surface area (Å²) in [4.78, 5) is 15.9. The Balaban J connectivity index is 0.00000200. The van der Waals surface area contributed by atoms with E-state index in [0.717, 1.165) is 13.1 Å². The molecule has 1 fully saturated rings. The summed E-state index contributed by atoms with van der Waals surface area (Å²) in [5.41, 5.74) is 0. The second-order valence-corrected chi connectivity index (χ2v) is 5.21. The van der Waals surface area contributed by atoms with Crippen molar-refractivity contribution < 1.29 is 9.90 Å². The van der Waals surface area contributed by atoms with Crippen LogP contribution < -0.4 is 10.6 Å². The Bertz CT molecular complexity index is 436. The van der Waals surface area contributed by atoms with Gasteiger partial charge in [0.15, 0.2) is 11.6 Å². The van der Waals surface area contributed by atoms with Crippen molar-refractivity contribution in [2.45, 2.75) is 26.2 Å². The lowest BCUT2D eigenvalue weighted by molar-refractivity contribution is -0.117. The smallest absolute Gasteiger partial charge is 0.225 e. The normalized spacial score (nSPS) is 19.8. The lowest BCUT2D eigenvalue weighted by atomic mass is 9.85. The molecule has 112 valence electrons. The second kappa shape index (κ2) is 8.07. The highest BCUT2D eigenvalue weighted by Gasteiger charge is 2.22. The Kier molecular flexibility index (Phi) is 6.75. The molecular weight excluding hydrogens is 278 g/mol. The first-order valence-electron chi connectivity index (χ1n) is 6.81. The largest absolute Gasteiger partial charge is 0.504 e. The molecule has 1 amide bonds. The molecule has 2 atom stereocenters. The average Bonchev–Trinajstić information content (AvgIpc) is 2.42. The summed E-state index contributed by atoms with van der Waals surface area (Å²) in [7, 11) is 0.